The van der Waals surface area contributed by atoms with Crippen LogP contribution in [0.4, 0.5) is 11.4 Å². The summed E-state index contributed by atoms with van der Waals surface area (Å²) in [5.41, 5.74) is 1.60. The first-order valence-electron chi connectivity index (χ1n) is 8.17. The van der Waals surface area contributed by atoms with Gasteiger partial charge in [-0.15, -0.1) is 12.4 Å². The quantitative estimate of drug-likeness (QED) is 0.334. The van der Waals surface area contributed by atoms with Crippen LogP contribution >= 0.6 is 24.0 Å². The summed E-state index contributed by atoms with van der Waals surface area (Å²) in [7, 11) is 4.71. The maximum absolute atomic E-state index is 10.7. The number of ether oxygens (including phenoxy) is 3. The molecule has 2 N–H and O–H groups in total. The number of nitrogens with zero attached hydrogens (tertiary/aromatic N) is 1. The zero-order valence-electron chi connectivity index (χ0n) is 15.8. The number of hydrogen-bond acceptors (Lipinski definition) is 7. The summed E-state index contributed by atoms with van der Waals surface area (Å²) in [4.78, 5) is 10.2. The maximum atomic E-state index is 10.7. The van der Waals surface area contributed by atoms with E-state index in [2.05, 4.69) is 10.6 Å². The number of rotatable bonds is 10. The lowest BCUT2D eigenvalue weighted by molar-refractivity contribution is -0.384. The number of methoxy groups -OCH3 is 3. The minimum absolute atomic E-state index is 0. The second-order valence-electron chi connectivity index (χ2n) is 5.56. The topological polar surface area (TPSA) is 94.9 Å². The first-order valence-corrected chi connectivity index (χ1v) is 8.55. The monoisotopic (exact) mass is 431 g/mol. The van der Waals surface area contributed by atoms with Crippen molar-refractivity contribution in [3.63, 3.8) is 0 Å². The number of nitrogens with one attached hydrogen (secondary N) is 2. The highest BCUT2D eigenvalue weighted by atomic mass is 35.5. The van der Waals surface area contributed by atoms with E-state index in [4.69, 9.17) is 25.8 Å². The molecular weight excluding hydrogens is 409 g/mol. The zero-order valence-corrected chi connectivity index (χ0v) is 17.4. The summed E-state index contributed by atoms with van der Waals surface area (Å²) in [6.07, 6.45) is 0. The van der Waals surface area contributed by atoms with Gasteiger partial charge < -0.3 is 24.8 Å². The van der Waals surface area contributed by atoms with Crippen LogP contribution < -0.4 is 24.8 Å². The van der Waals surface area contributed by atoms with Crippen molar-refractivity contribution in [2.45, 2.75) is 6.54 Å². The standard InChI is InChI=1S/C18H22ClN3O5.ClH/c1-25-16-8-12(9-17(26-2)18(16)27-3)11-20-6-7-21-15-5-4-13(22(23)24)10-14(15)19;/h4-5,8-10,20-21H,6-7,11H2,1-3H3;1H. The van der Waals surface area contributed by atoms with E-state index < -0.39 is 4.92 Å². The van der Waals surface area contributed by atoms with Crippen molar-refractivity contribution < 1.29 is 19.1 Å². The van der Waals surface area contributed by atoms with Crippen LogP contribution in [0.1, 0.15) is 5.56 Å². The van der Waals surface area contributed by atoms with Gasteiger partial charge in [0.05, 0.1) is 37.0 Å². The molecule has 0 aliphatic heterocycles. The molecule has 0 unspecified atom stereocenters. The number of nitro benzene ring substituents is 1. The van der Waals surface area contributed by atoms with Crippen LogP contribution in [-0.2, 0) is 6.54 Å². The summed E-state index contributed by atoms with van der Waals surface area (Å²) in [5, 5.41) is 17.5. The van der Waals surface area contributed by atoms with Gasteiger partial charge in [-0.05, 0) is 23.8 Å². The summed E-state index contributed by atoms with van der Waals surface area (Å²) >= 11 is 6.05. The van der Waals surface area contributed by atoms with Gasteiger partial charge in [0.2, 0.25) is 5.75 Å². The summed E-state index contributed by atoms with van der Waals surface area (Å²) < 4.78 is 16.0. The first kappa shape index (κ1) is 23.6. The van der Waals surface area contributed by atoms with E-state index in [0.29, 0.717) is 47.6 Å². The third-order valence-electron chi connectivity index (χ3n) is 3.83. The van der Waals surface area contributed by atoms with Crippen molar-refractivity contribution in [1.82, 2.24) is 5.32 Å². The minimum atomic E-state index is -0.478. The smallest absolute Gasteiger partial charge is 0.271 e. The molecule has 2 aromatic carbocycles. The molecular formula is C18H23Cl2N3O5. The Morgan fingerprint density at radius 2 is 1.68 bits per heavy atom. The molecule has 0 amide bonds. The van der Waals surface area contributed by atoms with Crippen LogP contribution in [0.3, 0.4) is 0 Å². The summed E-state index contributed by atoms with van der Waals surface area (Å²) in [6.45, 7) is 1.86. The molecule has 0 aromatic heterocycles. The maximum Gasteiger partial charge on any atom is 0.271 e. The minimum Gasteiger partial charge on any atom is -0.493 e. The van der Waals surface area contributed by atoms with Crippen LogP contribution in [0.5, 0.6) is 17.2 Å². The van der Waals surface area contributed by atoms with Crippen molar-refractivity contribution in [3.8, 4) is 17.2 Å². The molecule has 8 nitrogen and oxygen atoms in total. The fourth-order valence-corrected chi connectivity index (χ4v) is 2.76. The van der Waals surface area contributed by atoms with Crippen LogP contribution in [-0.4, -0.2) is 39.3 Å². The van der Waals surface area contributed by atoms with Gasteiger partial charge >= 0.3 is 0 Å². The Morgan fingerprint density at radius 1 is 1.04 bits per heavy atom. The van der Waals surface area contributed by atoms with Crippen molar-refractivity contribution >= 4 is 35.4 Å². The van der Waals surface area contributed by atoms with E-state index in [1.165, 1.54) is 12.1 Å². The lowest BCUT2D eigenvalue weighted by atomic mass is 10.1. The van der Waals surface area contributed by atoms with E-state index in [0.717, 1.165) is 5.56 Å². The molecule has 0 saturated heterocycles. The van der Waals surface area contributed by atoms with E-state index in [1.807, 2.05) is 12.1 Å². The molecule has 10 heteroatoms. The highest BCUT2D eigenvalue weighted by molar-refractivity contribution is 6.33. The zero-order chi connectivity index (χ0) is 19.8. The number of nitro groups is 1. The van der Waals surface area contributed by atoms with Crippen molar-refractivity contribution in [3.05, 3.63) is 51.0 Å². The highest BCUT2D eigenvalue weighted by Crippen LogP contribution is 2.38. The molecule has 2 aromatic rings. The van der Waals surface area contributed by atoms with E-state index in [9.17, 15) is 10.1 Å². The molecule has 2 rings (SSSR count). The molecule has 154 valence electrons. The molecule has 0 heterocycles. The average Bonchev–Trinajstić information content (AvgIpc) is 2.67. The number of hydrogen-bond donors (Lipinski definition) is 2. The highest BCUT2D eigenvalue weighted by Gasteiger charge is 2.13. The predicted octanol–water partition coefficient (Wildman–Crippen LogP) is 3.90. The Bertz CT molecular complexity index is 780. The molecule has 28 heavy (non-hydrogen) atoms. The van der Waals surface area contributed by atoms with Gasteiger partial charge in [-0.2, -0.15) is 0 Å². The Morgan fingerprint density at radius 3 is 2.18 bits per heavy atom. The second-order valence-corrected chi connectivity index (χ2v) is 5.97. The Kier molecular flexibility index (Phi) is 9.64. The van der Waals surface area contributed by atoms with Crippen LogP contribution in [0, 0.1) is 10.1 Å². The fraction of sp³-hybridized carbons (Fsp3) is 0.333. The largest absolute Gasteiger partial charge is 0.493 e. The van der Waals surface area contributed by atoms with Crippen molar-refractivity contribution in [2.75, 3.05) is 39.7 Å². The molecule has 0 saturated carbocycles. The van der Waals surface area contributed by atoms with Crippen molar-refractivity contribution in [1.29, 1.82) is 0 Å². The molecule has 0 fully saturated rings. The van der Waals surface area contributed by atoms with E-state index in [1.54, 1.807) is 27.4 Å². The third kappa shape index (κ3) is 6.05. The predicted molar refractivity (Wildman–Crippen MR) is 112 cm³/mol. The summed E-state index contributed by atoms with van der Waals surface area (Å²) in [5.74, 6) is 1.76. The van der Waals surface area contributed by atoms with Gasteiger partial charge in [-0.3, -0.25) is 10.1 Å². The number of benzene rings is 2. The Balaban J connectivity index is 0.00000392. The lowest BCUT2D eigenvalue weighted by Crippen LogP contribution is -2.22. The number of anilines is 1. The average molecular weight is 432 g/mol. The number of halogens is 2. The molecule has 0 aliphatic carbocycles. The van der Waals surface area contributed by atoms with E-state index in [-0.39, 0.29) is 18.1 Å². The molecule has 0 radical (unpaired) electrons. The van der Waals surface area contributed by atoms with Crippen LogP contribution in [0.2, 0.25) is 5.02 Å². The molecule has 0 bridgehead atoms. The molecule has 0 aliphatic rings. The van der Waals surface area contributed by atoms with Gasteiger partial charge in [0.1, 0.15) is 0 Å². The fourth-order valence-electron chi connectivity index (χ4n) is 2.52. The van der Waals surface area contributed by atoms with Gasteiger partial charge in [-0.25, -0.2) is 0 Å². The Labute approximate surface area is 174 Å². The van der Waals surface area contributed by atoms with Crippen LogP contribution in [0.15, 0.2) is 30.3 Å². The SMILES string of the molecule is COc1cc(CNCCNc2ccc([N+](=O)[O-])cc2Cl)cc(OC)c1OC.Cl. The second kappa shape index (κ2) is 11.4. The van der Waals surface area contributed by atoms with Crippen LogP contribution in [0.25, 0.3) is 0 Å². The Hall–Kier alpha value is -2.42. The van der Waals surface area contributed by atoms with Gasteiger partial charge in [-0.1, -0.05) is 11.6 Å². The summed E-state index contributed by atoms with van der Waals surface area (Å²) in [6, 6.07) is 8.11. The van der Waals surface area contributed by atoms with Gasteiger partial charge in [0, 0.05) is 31.8 Å². The number of non-ortho nitro benzene ring substituents is 1. The normalized spacial score (nSPS) is 10.0. The third-order valence-corrected chi connectivity index (χ3v) is 4.15. The van der Waals surface area contributed by atoms with Gasteiger partial charge in [0.15, 0.2) is 11.5 Å². The molecule has 0 spiro atoms. The van der Waals surface area contributed by atoms with Gasteiger partial charge in [0.25, 0.3) is 5.69 Å². The first-order chi connectivity index (χ1) is 13.0. The molecule has 0 atom stereocenters. The van der Waals surface area contributed by atoms with Crippen molar-refractivity contribution in [2.24, 2.45) is 0 Å². The van der Waals surface area contributed by atoms with E-state index >= 15 is 0 Å². The lowest BCUT2D eigenvalue weighted by Gasteiger charge is -2.14.